The van der Waals surface area contributed by atoms with Gasteiger partial charge in [-0.3, -0.25) is 10.1 Å². The van der Waals surface area contributed by atoms with E-state index in [1.165, 1.54) is 0 Å². The first-order chi connectivity index (χ1) is 12.9. The molecule has 28 heavy (non-hydrogen) atoms. The average Bonchev–Trinajstić information content (AvgIpc) is 2.83. The van der Waals surface area contributed by atoms with E-state index in [-0.39, 0.29) is 17.1 Å². The van der Waals surface area contributed by atoms with Crippen LogP contribution in [0.15, 0.2) is 24.4 Å². The van der Waals surface area contributed by atoms with Gasteiger partial charge in [0.25, 0.3) is 0 Å². The van der Waals surface area contributed by atoms with Crippen molar-refractivity contribution in [2.45, 2.75) is 73.5 Å². The molecule has 0 atom stereocenters. The van der Waals surface area contributed by atoms with Gasteiger partial charge in [0.2, 0.25) is 11.9 Å². The second kappa shape index (κ2) is 7.80. The Morgan fingerprint density at radius 1 is 1.07 bits per heavy atom. The molecule has 1 fully saturated rings. The molecular weight excluding hydrogens is 353 g/mol. The molecule has 7 heteroatoms. The Morgan fingerprint density at radius 2 is 1.64 bits per heavy atom. The van der Waals surface area contributed by atoms with Gasteiger partial charge in [-0.25, -0.2) is 9.97 Å². The first-order valence-corrected chi connectivity index (χ1v) is 9.83. The van der Waals surface area contributed by atoms with Crippen LogP contribution in [0.25, 0.3) is 10.9 Å². The number of anilines is 1. The minimum Gasteiger partial charge on any atom is -0.399 e. The number of hydrogen-bond acceptors (Lipinski definition) is 5. The van der Waals surface area contributed by atoms with Gasteiger partial charge in [-0.2, -0.15) is 0 Å². The molecule has 1 amide bonds. The Labute approximate surface area is 168 Å². The summed E-state index contributed by atoms with van der Waals surface area (Å²) in [5.41, 5.74) is 0.406. The predicted octanol–water partition coefficient (Wildman–Crippen LogP) is 3.94. The molecule has 1 aromatic heterocycles. The Morgan fingerprint density at radius 3 is 2.18 bits per heavy atom. The van der Waals surface area contributed by atoms with Crippen LogP contribution in [0.4, 0.5) is 5.95 Å². The molecule has 2 aromatic rings. The fraction of sp³-hybridized carbons (Fsp3) is 0.571. The predicted molar refractivity (Wildman–Crippen MR) is 115 cm³/mol. The molecule has 1 aliphatic heterocycles. The standard InChI is InChI=1S/C19H26BN3O3.C2H6/c1-17(2,3)15(24)23-16-21-11-12-10-13(8-9-14(12)22-16)20-25-18(4,5)19(6,7)26-20;1-2/h8-11H,1-7H3,(H,21,22,23,24);1-2H3. The maximum absolute atomic E-state index is 12.1. The lowest BCUT2D eigenvalue weighted by Gasteiger charge is -2.32. The zero-order valence-corrected chi connectivity index (χ0v) is 18.5. The smallest absolute Gasteiger partial charge is 0.399 e. The summed E-state index contributed by atoms with van der Waals surface area (Å²) in [5.74, 6) is 0.187. The van der Waals surface area contributed by atoms with Gasteiger partial charge in [0.1, 0.15) is 0 Å². The third-order valence-electron chi connectivity index (χ3n) is 5.04. The van der Waals surface area contributed by atoms with Crippen LogP contribution < -0.4 is 10.8 Å². The normalized spacial score (nSPS) is 17.8. The molecule has 0 unspecified atom stereocenters. The van der Waals surface area contributed by atoms with Gasteiger partial charge in [-0.1, -0.05) is 46.8 Å². The van der Waals surface area contributed by atoms with Crippen LogP contribution in [0.3, 0.4) is 0 Å². The van der Waals surface area contributed by atoms with Gasteiger partial charge in [0, 0.05) is 17.0 Å². The molecule has 6 nitrogen and oxygen atoms in total. The van der Waals surface area contributed by atoms with Crippen LogP contribution in [0.1, 0.15) is 62.3 Å². The lowest BCUT2D eigenvalue weighted by Crippen LogP contribution is -2.41. The van der Waals surface area contributed by atoms with Crippen LogP contribution in [0.5, 0.6) is 0 Å². The van der Waals surface area contributed by atoms with Gasteiger partial charge >= 0.3 is 7.12 Å². The van der Waals surface area contributed by atoms with Crippen molar-refractivity contribution < 1.29 is 14.1 Å². The number of fused-ring (bicyclic) bond motifs is 1. The van der Waals surface area contributed by atoms with E-state index in [0.717, 1.165) is 16.4 Å². The Kier molecular flexibility index (Phi) is 6.21. The van der Waals surface area contributed by atoms with E-state index in [9.17, 15) is 4.79 Å². The van der Waals surface area contributed by atoms with Gasteiger partial charge in [0.15, 0.2) is 0 Å². The topological polar surface area (TPSA) is 73.3 Å². The summed E-state index contributed by atoms with van der Waals surface area (Å²) in [4.78, 5) is 20.8. The molecule has 2 heterocycles. The quantitative estimate of drug-likeness (QED) is 0.793. The molecule has 152 valence electrons. The summed E-state index contributed by atoms with van der Waals surface area (Å²) in [6.45, 7) is 17.7. The summed E-state index contributed by atoms with van der Waals surface area (Å²) >= 11 is 0. The zero-order chi connectivity index (χ0) is 21.3. The highest BCUT2D eigenvalue weighted by Crippen LogP contribution is 2.36. The van der Waals surface area contributed by atoms with E-state index in [4.69, 9.17) is 9.31 Å². The van der Waals surface area contributed by atoms with Crippen LogP contribution in [-0.4, -0.2) is 34.2 Å². The average molecular weight is 385 g/mol. The summed E-state index contributed by atoms with van der Waals surface area (Å²) in [5, 5.41) is 3.62. The number of carbonyl (C=O) groups excluding carboxylic acids is 1. The van der Waals surface area contributed by atoms with Crippen molar-refractivity contribution in [3.05, 3.63) is 24.4 Å². The van der Waals surface area contributed by atoms with Crippen molar-refractivity contribution in [2.24, 2.45) is 5.41 Å². The third kappa shape index (κ3) is 4.53. The Balaban J connectivity index is 0.00000136. The molecule has 0 saturated carbocycles. The number of amides is 1. The first kappa shape index (κ1) is 22.3. The maximum Gasteiger partial charge on any atom is 0.494 e. The number of carbonyl (C=O) groups is 1. The minimum atomic E-state index is -0.501. The summed E-state index contributed by atoms with van der Waals surface area (Å²) in [7, 11) is -0.426. The third-order valence-corrected chi connectivity index (χ3v) is 5.04. The fourth-order valence-corrected chi connectivity index (χ4v) is 2.53. The highest BCUT2D eigenvalue weighted by molar-refractivity contribution is 6.62. The van der Waals surface area contributed by atoms with Gasteiger partial charge < -0.3 is 9.31 Å². The van der Waals surface area contributed by atoms with E-state index in [0.29, 0.717) is 5.95 Å². The van der Waals surface area contributed by atoms with Crippen LogP contribution in [0.2, 0.25) is 0 Å². The molecule has 1 aliphatic rings. The molecule has 1 N–H and O–H groups in total. The van der Waals surface area contributed by atoms with Crippen molar-refractivity contribution >= 4 is 35.3 Å². The minimum absolute atomic E-state index is 0.120. The second-order valence-electron chi connectivity index (χ2n) is 8.80. The van der Waals surface area contributed by atoms with Crippen molar-refractivity contribution in [1.82, 2.24) is 9.97 Å². The number of hydrogen-bond donors (Lipinski definition) is 1. The van der Waals surface area contributed by atoms with E-state index in [2.05, 4.69) is 15.3 Å². The van der Waals surface area contributed by atoms with Crippen LogP contribution in [0, 0.1) is 5.41 Å². The number of rotatable bonds is 2. The molecule has 0 spiro atoms. The fourth-order valence-electron chi connectivity index (χ4n) is 2.53. The number of aromatic nitrogens is 2. The van der Waals surface area contributed by atoms with Gasteiger partial charge in [0.05, 0.1) is 16.7 Å². The van der Waals surface area contributed by atoms with E-state index >= 15 is 0 Å². The highest BCUT2D eigenvalue weighted by Gasteiger charge is 2.51. The number of benzene rings is 1. The molecule has 1 aromatic carbocycles. The van der Waals surface area contributed by atoms with E-state index in [1.54, 1.807) is 6.20 Å². The van der Waals surface area contributed by atoms with Crippen molar-refractivity contribution in [2.75, 3.05) is 5.32 Å². The van der Waals surface area contributed by atoms with Crippen molar-refractivity contribution in [3.63, 3.8) is 0 Å². The van der Waals surface area contributed by atoms with Crippen LogP contribution >= 0.6 is 0 Å². The zero-order valence-electron chi connectivity index (χ0n) is 18.5. The van der Waals surface area contributed by atoms with E-state index < -0.39 is 12.5 Å². The Bertz CT molecular complexity index is 844. The lowest BCUT2D eigenvalue weighted by atomic mass is 9.78. The largest absolute Gasteiger partial charge is 0.494 e. The first-order valence-electron chi connectivity index (χ1n) is 9.83. The number of nitrogens with one attached hydrogen (secondary N) is 1. The highest BCUT2D eigenvalue weighted by atomic mass is 16.7. The molecule has 1 saturated heterocycles. The molecule has 3 rings (SSSR count). The molecule has 0 aliphatic carbocycles. The van der Waals surface area contributed by atoms with Gasteiger partial charge in [-0.05, 0) is 39.2 Å². The van der Waals surface area contributed by atoms with Crippen molar-refractivity contribution in [3.8, 4) is 0 Å². The van der Waals surface area contributed by atoms with E-state index in [1.807, 2.05) is 80.5 Å². The van der Waals surface area contributed by atoms with Crippen molar-refractivity contribution in [1.29, 1.82) is 0 Å². The summed E-state index contributed by atoms with van der Waals surface area (Å²) in [6, 6.07) is 5.80. The lowest BCUT2D eigenvalue weighted by molar-refractivity contribution is -0.123. The molecule has 0 radical (unpaired) electrons. The summed E-state index contributed by atoms with van der Waals surface area (Å²) in [6.07, 6.45) is 1.70. The molecule has 0 bridgehead atoms. The maximum atomic E-state index is 12.1. The van der Waals surface area contributed by atoms with Crippen LogP contribution in [-0.2, 0) is 14.1 Å². The Hall–Kier alpha value is -1.99. The SMILES string of the molecule is CC.CC(C)(C)C(=O)Nc1ncc2cc(B3OC(C)(C)C(C)(C)O3)ccc2n1. The summed E-state index contributed by atoms with van der Waals surface area (Å²) < 4.78 is 12.2. The number of nitrogens with zero attached hydrogens (tertiary/aromatic N) is 2. The second-order valence-corrected chi connectivity index (χ2v) is 8.80. The van der Waals surface area contributed by atoms with Gasteiger partial charge in [-0.15, -0.1) is 0 Å². The molecular formula is C21H32BN3O3. The monoisotopic (exact) mass is 385 g/mol.